The minimum absolute atomic E-state index is 0.0939. The van der Waals surface area contributed by atoms with E-state index in [2.05, 4.69) is 15.3 Å². The molecule has 0 aliphatic carbocycles. The molecule has 0 bridgehead atoms. The number of hydrogen-bond acceptors (Lipinski definition) is 2. The maximum absolute atomic E-state index is 13.7. The third-order valence-corrected chi connectivity index (χ3v) is 3.94. The first-order chi connectivity index (χ1) is 10.9. The lowest BCUT2D eigenvalue weighted by Crippen LogP contribution is -2.18. The van der Waals surface area contributed by atoms with Gasteiger partial charge in [-0.15, -0.1) is 0 Å². The summed E-state index contributed by atoms with van der Waals surface area (Å²) in [5.41, 5.74) is 3.42. The second kappa shape index (κ2) is 6.01. The molecule has 6 heteroatoms. The molecule has 118 valence electrons. The van der Waals surface area contributed by atoms with Gasteiger partial charge in [-0.3, -0.25) is 9.78 Å². The van der Waals surface area contributed by atoms with Gasteiger partial charge in [-0.2, -0.15) is 0 Å². The van der Waals surface area contributed by atoms with E-state index in [1.54, 1.807) is 13.1 Å². The van der Waals surface area contributed by atoms with E-state index in [0.717, 1.165) is 16.6 Å². The minimum atomic E-state index is -0.364. The zero-order valence-corrected chi connectivity index (χ0v) is 13.5. The number of aryl methyl sites for hydroxylation is 1. The molecular weight excluding hydrogens is 317 g/mol. The molecule has 0 aliphatic heterocycles. The number of nitrogens with one attached hydrogen (secondary N) is 2. The number of H-pyrrole nitrogens is 1. The lowest BCUT2D eigenvalue weighted by Gasteiger charge is -2.06. The van der Waals surface area contributed by atoms with Gasteiger partial charge in [-0.1, -0.05) is 11.6 Å². The fourth-order valence-electron chi connectivity index (χ4n) is 2.40. The van der Waals surface area contributed by atoms with Gasteiger partial charge >= 0.3 is 0 Å². The number of carbonyl (C=O) groups excluding carboxylic acids is 1. The number of nitrogens with zero attached hydrogens (tertiary/aromatic N) is 1. The van der Waals surface area contributed by atoms with Gasteiger partial charge in [-0.25, -0.2) is 4.39 Å². The summed E-state index contributed by atoms with van der Waals surface area (Å²) in [6, 6.07) is 7.03. The normalized spacial score (nSPS) is 11.0. The average Bonchev–Trinajstić information content (AvgIpc) is 2.89. The molecule has 23 heavy (non-hydrogen) atoms. The number of fused-ring (bicyclic) bond motifs is 1. The molecule has 0 saturated carbocycles. The average molecular weight is 332 g/mol. The van der Waals surface area contributed by atoms with Crippen molar-refractivity contribution < 1.29 is 9.18 Å². The Morgan fingerprint density at radius 3 is 2.83 bits per heavy atom. The predicted molar refractivity (Wildman–Crippen MR) is 88.8 cm³/mol. The first-order valence-electron chi connectivity index (χ1n) is 7.12. The Bertz CT molecular complexity index is 904. The molecule has 3 rings (SSSR count). The fraction of sp³-hybridized carbons (Fsp3) is 0.176. The number of benzene rings is 1. The van der Waals surface area contributed by atoms with Crippen molar-refractivity contribution in [3.8, 4) is 11.1 Å². The summed E-state index contributed by atoms with van der Waals surface area (Å²) >= 11 is 6.33. The highest BCUT2D eigenvalue weighted by atomic mass is 35.5. The number of halogens is 2. The SMILES string of the molecule is CC(=O)NCc1cc2cc(Cl)c(-c3cnc(C)c(F)c3)cc2[nH]1. The van der Waals surface area contributed by atoms with Gasteiger partial charge in [-0.05, 0) is 31.2 Å². The fourth-order valence-corrected chi connectivity index (χ4v) is 2.68. The van der Waals surface area contributed by atoms with Crippen molar-refractivity contribution in [2.75, 3.05) is 0 Å². The van der Waals surface area contributed by atoms with Crippen LogP contribution in [0.25, 0.3) is 22.0 Å². The molecule has 0 spiro atoms. The Morgan fingerprint density at radius 2 is 2.13 bits per heavy atom. The Labute approximate surface area is 137 Å². The van der Waals surface area contributed by atoms with Crippen molar-refractivity contribution >= 4 is 28.4 Å². The quantitative estimate of drug-likeness (QED) is 0.763. The lowest BCUT2D eigenvalue weighted by molar-refractivity contribution is -0.119. The van der Waals surface area contributed by atoms with Crippen LogP contribution >= 0.6 is 11.6 Å². The number of amides is 1. The van der Waals surface area contributed by atoms with Gasteiger partial charge < -0.3 is 10.3 Å². The van der Waals surface area contributed by atoms with E-state index in [4.69, 9.17) is 11.6 Å². The smallest absolute Gasteiger partial charge is 0.217 e. The molecule has 0 atom stereocenters. The van der Waals surface area contributed by atoms with Crippen molar-refractivity contribution in [2.24, 2.45) is 0 Å². The summed E-state index contributed by atoms with van der Waals surface area (Å²) < 4.78 is 13.7. The maximum Gasteiger partial charge on any atom is 0.217 e. The zero-order valence-electron chi connectivity index (χ0n) is 12.7. The van der Waals surface area contributed by atoms with Gasteiger partial charge in [0.2, 0.25) is 5.91 Å². The van der Waals surface area contributed by atoms with E-state index in [1.807, 2.05) is 18.2 Å². The van der Waals surface area contributed by atoms with Crippen LogP contribution in [0.1, 0.15) is 18.3 Å². The highest BCUT2D eigenvalue weighted by molar-refractivity contribution is 6.34. The van der Waals surface area contributed by atoms with Crippen molar-refractivity contribution in [3.05, 3.63) is 52.7 Å². The van der Waals surface area contributed by atoms with E-state index in [-0.39, 0.29) is 11.7 Å². The zero-order chi connectivity index (χ0) is 16.6. The second-order valence-electron chi connectivity index (χ2n) is 5.41. The van der Waals surface area contributed by atoms with Crippen molar-refractivity contribution in [3.63, 3.8) is 0 Å². The van der Waals surface area contributed by atoms with Gasteiger partial charge in [0.15, 0.2) is 0 Å². The van der Waals surface area contributed by atoms with Crippen LogP contribution in [-0.2, 0) is 11.3 Å². The van der Waals surface area contributed by atoms with E-state index in [0.29, 0.717) is 28.4 Å². The number of aromatic amines is 1. The van der Waals surface area contributed by atoms with Gasteiger partial charge in [0.25, 0.3) is 0 Å². The van der Waals surface area contributed by atoms with Crippen LogP contribution in [0.15, 0.2) is 30.5 Å². The Hall–Kier alpha value is -2.40. The topological polar surface area (TPSA) is 57.8 Å². The van der Waals surface area contributed by atoms with Crippen LogP contribution in [0.4, 0.5) is 4.39 Å². The summed E-state index contributed by atoms with van der Waals surface area (Å²) in [6.07, 6.45) is 1.60. The summed E-state index contributed by atoms with van der Waals surface area (Å²) in [7, 11) is 0. The summed E-state index contributed by atoms with van der Waals surface area (Å²) in [5.74, 6) is -0.458. The number of hydrogen-bond donors (Lipinski definition) is 2. The number of carbonyl (C=O) groups is 1. The van der Waals surface area contributed by atoms with Crippen LogP contribution in [0, 0.1) is 12.7 Å². The highest BCUT2D eigenvalue weighted by Crippen LogP contribution is 2.32. The molecule has 1 amide bonds. The molecule has 0 fully saturated rings. The molecular formula is C17H15ClFN3O. The van der Waals surface area contributed by atoms with Crippen molar-refractivity contribution in [1.82, 2.24) is 15.3 Å². The van der Waals surface area contributed by atoms with Crippen LogP contribution in [-0.4, -0.2) is 15.9 Å². The first-order valence-corrected chi connectivity index (χ1v) is 7.50. The first kappa shape index (κ1) is 15.5. The number of pyridine rings is 1. The van der Waals surface area contributed by atoms with Crippen LogP contribution in [0.5, 0.6) is 0 Å². The summed E-state index contributed by atoms with van der Waals surface area (Å²) in [5, 5.41) is 4.19. The van der Waals surface area contributed by atoms with Crippen molar-refractivity contribution in [2.45, 2.75) is 20.4 Å². The van der Waals surface area contributed by atoms with Crippen LogP contribution < -0.4 is 5.32 Å². The second-order valence-corrected chi connectivity index (χ2v) is 5.82. The number of rotatable bonds is 3. The third kappa shape index (κ3) is 3.19. The molecule has 1 aromatic carbocycles. The van der Waals surface area contributed by atoms with Gasteiger partial charge in [0, 0.05) is 45.9 Å². The standard InChI is InChI=1S/C17H15ClFN3O/c1-9-16(19)5-12(7-20-9)14-6-17-11(4-15(14)18)3-13(22-17)8-21-10(2)23/h3-7,22H,8H2,1-2H3,(H,21,23). The Kier molecular flexibility index (Phi) is 4.05. The van der Waals surface area contributed by atoms with Gasteiger partial charge in [0.05, 0.1) is 12.2 Å². The van der Waals surface area contributed by atoms with Crippen LogP contribution in [0.3, 0.4) is 0 Å². The van der Waals surface area contributed by atoms with E-state index < -0.39 is 0 Å². The van der Waals surface area contributed by atoms with Crippen LogP contribution in [0.2, 0.25) is 5.02 Å². The molecule has 0 radical (unpaired) electrons. The van der Waals surface area contributed by atoms with E-state index >= 15 is 0 Å². The number of aromatic nitrogens is 2. The van der Waals surface area contributed by atoms with Crippen molar-refractivity contribution in [1.29, 1.82) is 0 Å². The molecule has 2 aromatic heterocycles. The molecule has 0 unspecified atom stereocenters. The predicted octanol–water partition coefficient (Wildman–Crippen LogP) is 3.97. The maximum atomic E-state index is 13.7. The third-order valence-electron chi connectivity index (χ3n) is 3.63. The molecule has 0 saturated heterocycles. The highest BCUT2D eigenvalue weighted by Gasteiger charge is 2.11. The Morgan fingerprint density at radius 1 is 1.35 bits per heavy atom. The molecule has 4 nitrogen and oxygen atoms in total. The largest absolute Gasteiger partial charge is 0.357 e. The molecule has 2 N–H and O–H groups in total. The van der Waals surface area contributed by atoms with E-state index in [9.17, 15) is 9.18 Å². The molecule has 0 aliphatic rings. The Balaban J connectivity index is 2.02. The summed E-state index contributed by atoms with van der Waals surface area (Å²) in [6.45, 7) is 3.50. The minimum Gasteiger partial charge on any atom is -0.357 e. The molecule has 2 heterocycles. The van der Waals surface area contributed by atoms with Gasteiger partial charge in [0.1, 0.15) is 5.82 Å². The van der Waals surface area contributed by atoms with E-state index in [1.165, 1.54) is 13.0 Å². The lowest BCUT2D eigenvalue weighted by atomic mass is 10.1. The summed E-state index contributed by atoms with van der Waals surface area (Å²) in [4.78, 5) is 18.3. The molecule has 3 aromatic rings. The monoisotopic (exact) mass is 331 g/mol.